The van der Waals surface area contributed by atoms with Crippen LogP contribution in [-0.2, 0) is 9.53 Å². The number of benzene rings is 1. The Morgan fingerprint density at radius 2 is 2.28 bits per heavy atom. The fraction of sp³-hybridized carbons (Fsp3) is 0.462. The summed E-state index contributed by atoms with van der Waals surface area (Å²) in [5.74, 6) is 0.626. The first kappa shape index (κ1) is 11.5. The highest BCUT2D eigenvalue weighted by Gasteiger charge is 2.25. The molecule has 1 saturated heterocycles. The Balaban J connectivity index is 1.86. The summed E-state index contributed by atoms with van der Waals surface area (Å²) in [6, 6.07) is 6.04. The second-order valence-corrected chi connectivity index (χ2v) is 4.59. The number of fused-ring (bicyclic) bond motifs is 1. The number of morpholine rings is 1. The van der Waals surface area contributed by atoms with E-state index in [1.807, 2.05) is 18.2 Å². The predicted molar refractivity (Wildman–Crippen MR) is 66.7 cm³/mol. The van der Waals surface area contributed by atoms with Crippen molar-refractivity contribution in [3.63, 3.8) is 0 Å². The summed E-state index contributed by atoms with van der Waals surface area (Å²) in [5, 5.41) is 6.22. The fourth-order valence-electron chi connectivity index (χ4n) is 2.21. The maximum Gasteiger partial charge on any atom is 0.265 e. The van der Waals surface area contributed by atoms with Crippen LogP contribution in [0.5, 0.6) is 5.75 Å². The summed E-state index contributed by atoms with van der Waals surface area (Å²) in [7, 11) is 0. The number of hydrogen-bond acceptors (Lipinski definition) is 4. The second kappa shape index (κ2) is 4.59. The summed E-state index contributed by atoms with van der Waals surface area (Å²) < 4.78 is 11.0. The molecular formula is C13H16N2O3. The summed E-state index contributed by atoms with van der Waals surface area (Å²) in [6.07, 6.45) is -0.441. The zero-order chi connectivity index (χ0) is 12.5. The minimum Gasteiger partial charge on any atom is -0.479 e. The molecule has 3 rings (SSSR count). The van der Waals surface area contributed by atoms with Crippen LogP contribution in [0.1, 0.15) is 18.5 Å². The summed E-state index contributed by atoms with van der Waals surface area (Å²) >= 11 is 0. The molecule has 2 N–H and O–H groups in total. The van der Waals surface area contributed by atoms with Crippen LogP contribution in [0.3, 0.4) is 0 Å². The minimum absolute atomic E-state index is 0.102. The Kier molecular flexibility index (Phi) is 2.93. The number of nitrogens with one attached hydrogen (secondary N) is 2. The van der Waals surface area contributed by atoms with Crippen molar-refractivity contribution >= 4 is 11.6 Å². The number of carbonyl (C=O) groups excluding carboxylic acids is 1. The van der Waals surface area contributed by atoms with Gasteiger partial charge in [0.15, 0.2) is 6.10 Å². The van der Waals surface area contributed by atoms with Crippen LogP contribution in [0, 0.1) is 0 Å². The van der Waals surface area contributed by atoms with Crippen molar-refractivity contribution in [3.05, 3.63) is 23.8 Å². The molecule has 1 aromatic rings. The Bertz CT molecular complexity index is 469. The van der Waals surface area contributed by atoms with E-state index in [0.717, 1.165) is 30.2 Å². The molecule has 2 atom stereocenters. The van der Waals surface area contributed by atoms with Crippen molar-refractivity contribution in [2.75, 3.05) is 25.1 Å². The molecule has 18 heavy (non-hydrogen) atoms. The minimum atomic E-state index is -0.441. The molecule has 5 heteroatoms. The van der Waals surface area contributed by atoms with Crippen molar-refractivity contribution in [2.45, 2.75) is 19.1 Å². The third-order valence-corrected chi connectivity index (χ3v) is 3.26. The zero-order valence-corrected chi connectivity index (χ0v) is 10.2. The van der Waals surface area contributed by atoms with Crippen molar-refractivity contribution in [2.24, 2.45) is 0 Å². The highest BCUT2D eigenvalue weighted by atomic mass is 16.5. The molecule has 2 heterocycles. The third kappa shape index (κ3) is 2.07. The van der Waals surface area contributed by atoms with Gasteiger partial charge in [-0.25, -0.2) is 0 Å². The first-order valence-corrected chi connectivity index (χ1v) is 6.16. The maximum atomic E-state index is 11.5. The van der Waals surface area contributed by atoms with Gasteiger partial charge in [-0.3, -0.25) is 4.79 Å². The molecule has 0 aliphatic carbocycles. The van der Waals surface area contributed by atoms with Gasteiger partial charge in [0.25, 0.3) is 5.91 Å². The van der Waals surface area contributed by atoms with Crippen LogP contribution in [-0.4, -0.2) is 31.8 Å². The van der Waals surface area contributed by atoms with Gasteiger partial charge in [-0.15, -0.1) is 0 Å². The Morgan fingerprint density at radius 3 is 3.06 bits per heavy atom. The highest BCUT2D eigenvalue weighted by Crippen LogP contribution is 2.32. The van der Waals surface area contributed by atoms with Crippen LogP contribution in [0.2, 0.25) is 0 Å². The van der Waals surface area contributed by atoms with Gasteiger partial charge >= 0.3 is 0 Å². The molecule has 0 saturated carbocycles. The summed E-state index contributed by atoms with van der Waals surface area (Å²) in [5.41, 5.74) is 1.86. The smallest absolute Gasteiger partial charge is 0.265 e. The molecule has 2 aliphatic heterocycles. The molecule has 2 unspecified atom stereocenters. The monoisotopic (exact) mass is 248 g/mol. The third-order valence-electron chi connectivity index (χ3n) is 3.26. The van der Waals surface area contributed by atoms with E-state index in [1.165, 1.54) is 0 Å². The van der Waals surface area contributed by atoms with E-state index < -0.39 is 6.10 Å². The number of anilines is 1. The van der Waals surface area contributed by atoms with E-state index in [0.29, 0.717) is 6.61 Å². The number of amides is 1. The average Bonchev–Trinajstić information content (AvgIpc) is 2.41. The summed E-state index contributed by atoms with van der Waals surface area (Å²) in [6.45, 7) is 4.02. The van der Waals surface area contributed by atoms with Gasteiger partial charge < -0.3 is 20.1 Å². The Hall–Kier alpha value is -1.59. The lowest BCUT2D eigenvalue weighted by Gasteiger charge is -2.27. The largest absolute Gasteiger partial charge is 0.479 e. The van der Waals surface area contributed by atoms with Gasteiger partial charge in [0.2, 0.25) is 0 Å². The first-order valence-electron chi connectivity index (χ1n) is 6.16. The lowest BCUT2D eigenvalue weighted by atomic mass is 10.0. The second-order valence-electron chi connectivity index (χ2n) is 4.59. The number of rotatable bonds is 1. The number of carbonyl (C=O) groups is 1. The fourth-order valence-corrected chi connectivity index (χ4v) is 2.21. The molecule has 96 valence electrons. The van der Waals surface area contributed by atoms with Crippen LogP contribution < -0.4 is 15.4 Å². The average molecular weight is 248 g/mol. The topological polar surface area (TPSA) is 59.6 Å². The van der Waals surface area contributed by atoms with E-state index >= 15 is 0 Å². The molecule has 1 aromatic carbocycles. The van der Waals surface area contributed by atoms with E-state index in [2.05, 4.69) is 10.6 Å². The van der Waals surface area contributed by atoms with Crippen LogP contribution in [0.15, 0.2) is 18.2 Å². The van der Waals surface area contributed by atoms with Crippen molar-refractivity contribution in [1.82, 2.24) is 5.32 Å². The molecular weight excluding hydrogens is 232 g/mol. The molecule has 5 nitrogen and oxygen atoms in total. The van der Waals surface area contributed by atoms with Gasteiger partial charge in [-0.1, -0.05) is 6.07 Å². The van der Waals surface area contributed by atoms with Gasteiger partial charge in [-0.2, -0.15) is 0 Å². The summed E-state index contributed by atoms with van der Waals surface area (Å²) in [4.78, 5) is 11.5. The zero-order valence-electron chi connectivity index (χ0n) is 10.2. The lowest BCUT2D eigenvalue weighted by Crippen LogP contribution is -2.36. The van der Waals surface area contributed by atoms with Crippen LogP contribution in [0.4, 0.5) is 5.69 Å². The van der Waals surface area contributed by atoms with Crippen LogP contribution >= 0.6 is 0 Å². The molecule has 0 spiro atoms. The van der Waals surface area contributed by atoms with E-state index in [1.54, 1.807) is 6.92 Å². The van der Waals surface area contributed by atoms with E-state index in [9.17, 15) is 4.79 Å². The maximum absolute atomic E-state index is 11.5. The van der Waals surface area contributed by atoms with Crippen molar-refractivity contribution in [3.8, 4) is 5.75 Å². The molecule has 0 bridgehead atoms. The molecule has 0 radical (unpaired) electrons. The van der Waals surface area contributed by atoms with Gasteiger partial charge in [-0.05, 0) is 24.6 Å². The molecule has 1 amide bonds. The number of ether oxygens (including phenoxy) is 2. The van der Waals surface area contributed by atoms with E-state index in [-0.39, 0.29) is 11.9 Å². The predicted octanol–water partition coefficient (Wildman–Crippen LogP) is 1.07. The Labute approximate surface area is 105 Å². The molecule has 0 aromatic heterocycles. The van der Waals surface area contributed by atoms with Gasteiger partial charge in [0.05, 0.1) is 24.9 Å². The highest BCUT2D eigenvalue weighted by molar-refractivity contribution is 5.97. The van der Waals surface area contributed by atoms with Gasteiger partial charge in [0.1, 0.15) is 5.75 Å². The van der Waals surface area contributed by atoms with E-state index in [4.69, 9.17) is 9.47 Å². The molecule has 2 aliphatic rings. The standard InChI is InChI=1S/C13H16N2O3/c1-8-13(16)15-10-3-2-9(6-12(10)18-8)11-7-17-5-4-14-11/h2-3,6,8,11,14H,4-5,7H2,1H3,(H,15,16). The van der Waals surface area contributed by atoms with Crippen molar-refractivity contribution in [1.29, 1.82) is 0 Å². The Morgan fingerprint density at radius 1 is 1.39 bits per heavy atom. The van der Waals surface area contributed by atoms with Crippen LogP contribution in [0.25, 0.3) is 0 Å². The van der Waals surface area contributed by atoms with Gasteiger partial charge in [0, 0.05) is 6.54 Å². The quantitative estimate of drug-likeness (QED) is 0.780. The number of hydrogen-bond donors (Lipinski definition) is 2. The first-order chi connectivity index (χ1) is 8.74. The molecule has 1 fully saturated rings. The SMILES string of the molecule is CC1Oc2cc(C3COCCN3)ccc2NC1=O. The normalized spacial score (nSPS) is 27.1. The van der Waals surface area contributed by atoms with Crippen molar-refractivity contribution < 1.29 is 14.3 Å². The lowest BCUT2D eigenvalue weighted by molar-refractivity contribution is -0.122.